The number of hydrogen-bond acceptors (Lipinski definition) is 6. The van der Waals surface area contributed by atoms with E-state index in [-0.39, 0.29) is 18.3 Å². The highest BCUT2D eigenvalue weighted by molar-refractivity contribution is 5.69. The maximum absolute atomic E-state index is 12.3. The first-order valence-electron chi connectivity index (χ1n) is 7.87. The number of rotatable bonds is 4. The lowest BCUT2D eigenvalue weighted by molar-refractivity contribution is -0.155. The molecule has 24 heavy (non-hydrogen) atoms. The first-order chi connectivity index (χ1) is 11.2. The van der Waals surface area contributed by atoms with Gasteiger partial charge < -0.3 is 9.47 Å². The number of carbonyl (C=O) groups is 1. The van der Waals surface area contributed by atoms with Crippen molar-refractivity contribution >= 4 is 11.6 Å². The Bertz CT molecular complexity index is 812. The first-order valence-corrected chi connectivity index (χ1v) is 7.87. The van der Waals surface area contributed by atoms with E-state index in [1.807, 2.05) is 7.05 Å². The first kappa shape index (κ1) is 16.5. The normalized spacial score (nSPS) is 16.2. The minimum atomic E-state index is -0.600. The molecule has 0 bridgehead atoms. The van der Waals surface area contributed by atoms with E-state index in [0.717, 1.165) is 17.8 Å². The Morgan fingerprint density at radius 3 is 2.71 bits per heavy atom. The van der Waals surface area contributed by atoms with Gasteiger partial charge in [-0.05, 0) is 33.9 Å². The van der Waals surface area contributed by atoms with E-state index in [4.69, 9.17) is 9.47 Å². The lowest BCUT2D eigenvalue weighted by Crippen LogP contribution is -2.51. The van der Waals surface area contributed by atoms with Gasteiger partial charge in [-0.15, -0.1) is 5.10 Å². The monoisotopic (exact) mass is 334 g/mol. The number of aromatic nitrogens is 3. The zero-order chi connectivity index (χ0) is 17.5. The Morgan fingerprint density at radius 1 is 1.38 bits per heavy atom. The van der Waals surface area contributed by atoms with Crippen LogP contribution >= 0.6 is 0 Å². The number of ether oxygens (including phenoxy) is 2. The van der Waals surface area contributed by atoms with Crippen molar-refractivity contribution in [2.45, 2.75) is 39.0 Å². The van der Waals surface area contributed by atoms with Crippen molar-refractivity contribution in [3.8, 4) is 5.75 Å². The van der Waals surface area contributed by atoms with E-state index in [9.17, 15) is 9.59 Å². The van der Waals surface area contributed by atoms with Gasteiger partial charge in [0.05, 0.1) is 0 Å². The van der Waals surface area contributed by atoms with Crippen molar-refractivity contribution in [3.63, 3.8) is 0 Å². The molecule has 0 N–H and O–H groups in total. The maximum atomic E-state index is 12.3. The third kappa shape index (κ3) is 3.59. The number of carbonyl (C=O) groups excluding carboxylic acids is 1. The molecule has 0 saturated carbocycles. The number of hydrogen-bond donors (Lipinski definition) is 0. The fourth-order valence-corrected chi connectivity index (χ4v) is 2.58. The fraction of sp³-hybridized carbons (Fsp3) is 0.562. The SMILES string of the molecule is CN1CC(Oc2ccn3c(=O)n(CC(=O)OC(C)(C)C)nc3c2)C1. The summed E-state index contributed by atoms with van der Waals surface area (Å²) in [6, 6.07) is 3.43. The highest BCUT2D eigenvalue weighted by Gasteiger charge is 2.25. The second-order valence-corrected chi connectivity index (χ2v) is 7.08. The van der Waals surface area contributed by atoms with Gasteiger partial charge in [0, 0.05) is 25.4 Å². The van der Waals surface area contributed by atoms with E-state index < -0.39 is 11.6 Å². The molecule has 1 fully saturated rings. The summed E-state index contributed by atoms with van der Waals surface area (Å²) in [5.41, 5.74) is -0.545. The van der Waals surface area contributed by atoms with E-state index in [1.54, 1.807) is 39.1 Å². The molecule has 1 saturated heterocycles. The molecule has 2 aromatic heterocycles. The van der Waals surface area contributed by atoms with Crippen molar-refractivity contribution < 1.29 is 14.3 Å². The average molecular weight is 334 g/mol. The van der Waals surface area contributed by atoms with Crippen LogP contribution in [0.2, 0.25) is 0 Å². The molecule has 1 aliphatic rings. The van der Waals surface area contributed by atoms with Gasteiger partial charge in [-0.25, -0.2) is 9.48 Å². The van der Waals surface area contributed by atoms with Gasteiger partial charge in [-0.2, -0.15) is 0 Å². The largest absolute Gasteiger partial charge is 0.488 e. The standard InChI is InChI=1S/C16H22N4O4/c1-16(2,3)24-14(21)10-20-15(22)19-6-5-11(7-13(19)17-20)23-12-8-18(4)9-12/h5-7,12H,8-10H2,1-4H3. The lowest BCUT2D eigenvalue weighted by Gasteiger charge is -2.35. The second kappa shape index (κ2) is 5.94. The summed E-state index contributed by atoms with van der Waals surface area (Å²) >= 11 is 0. The van der Waals surface area contributed by atoms with Gasteiger partial charge >= 0.3 is 11.7 Å². The van der Waals surface area contributed by atoms with Crippen LogP contribution in [0.5, 0.6) is 5.75 Å². The molecule has 0 spiro atoms. The quantitative estimate of drug-likeness (QED) is 0.759. The zero-order valence-electron chi connectivity index (χ0n) is 14.4. The summed E-state index contributed by atoms with van der Waals surface area (Å²) in [5, 5.41) is 4.18. The van der Waals surface area contributed by atoms with E-state index in [2.05, 4.69) is 10.00 Å². The molecule has 1 aliphatic heterocycles. The van der Waals surface area contributed by atoms with Gasteiger partial charge in [0.25, 0.3) is 0 Å². The van der Waals surface area contributed by atoms with Crippen molar-refractivity contribution in [1.82, 2.24) is 19.1 Å². The minimum absolute atomic E-state index is 0.160. The van der Waals surface area contributed by atoms with E-state index >= 15 is 0 Å². The number of likely N-dealkylation sites (N-methyl/N-ethyl adjacent to an activating group) is 1. The Kier molecular flexibility index (Phi) is 4.08. The van der Waals surface area contributed by atoms with E-state index in [1.165, 1.54) is 4.40 Å². The van der Waals surface area contributed by atoms with Gasteiger partial charge in [-0.3, -0.25) is 14.1 Å². The van der Waals surface area contributed by atoms with Crippen LogP contribution < -0.4 is 10.4 Å². The Hall–Kier alpha value is -2.35. The molecule has 8 nitrogen and oxygen atoms in total. The number of fused-ring (bicyclic) bond motifs is 1. The van der Waals surface area contributed by atoms with Crippen molar-refractivity contribution in [3.05, 3.63) is 28.8 Å². The smallest absolute Gasteiger partial charge is 0.350 e. The molecule has 2 aromatic rings. The van der Waals surface area contributed by atoms with Crippen molar-refractivity contribution in [1.29, 1.82) is 0 Å². The summed E-state index contributed by atoms with van der Waals surface area (Å²) in [6.45, 7) is 6.87. The van der Waals surface area contributed by atoms with Crippen LogP contribution in [0, 0.1) is 0 Å². The molecule has 8 heteroatoms. The maximum Gasteiger partial charge on any atom is 0.350 e. The molecule has 0 amide bonds. The predicted molar refractivity (Wildman–Crippen MR) is 87.2 cm³/mol. The molecule has 3 rings (SSSR count). The fourth-order valence-electron chi connectivity index (χ4n) is 2.58. The Labute approximate surface area is 139 Å². The summed E-state index contributed by atoms with van der Waals surface area (Å²) in [4.78, 5) is 26.3. The molecule has 3 heterocycles. The third-order valence-electron chi connectivity index (χ3n) is 3.59. The van der Waals surface area contributed by atoms with Crippen LogP contribution in [0.4, 0.5) is 0 Å². The Balaban J connectivity index is 1.77. The molecule has 130 valence electrons. The van der Waals surface area contributed by atoms with Crippen LogP contribution in [0.15, 0.2) is 23.1 Å². The molecular formula is C16H22N4O4. The van der Waals surface area contributed by atoms with Gasteiger partial charge in [0.15, 0.2) is 5.65 Å². The predicted octanol–water partition coefficient (Wildman–Crippen LogP) is 0.530. The number of pyridine rings is 1. The van der Waals surface area contributed by atoms with Crippen LogP contribution in [-0.2, 0) is 16.1 Å². The third-order valence-corrected chi connectivity index (χ3v) is 3.59. The topological polar surface area (TPSA) is 78.1 Å². The molecule has 0 aromatic carbocycles. The summed E-state index contributed by atoms with van der Waals surface area (Å²) in [5.74, 6) is 0.164. The Morgan fingerprint density at radius 2 is 2.08 bits per heavy atom. The number of likely N-dealkylation sites (tertiary alicyclic amines) is 1. The highest BCUT2D eigenvalue weighted by Crippen LogP contribution is 2.17. The molecule has 0 unspecified atom stereocenters. The summed E-state index contributed by atoms with van der Waals surface area (Å²) in [7, 11) is 2.03. The van der Waals surface area contributed by atoms with E-state index in [0.29, 0.717) is 11.4 Å². The van der Waals surface area contributed by atoms with Crippen molar-refractivity contribution in [2.75, 3.05) is 20.1 Å². The molecule has 0 radical (unpaired) electrons. The van der Waals surface area contributed by atoms with Gasteiger partial charge in [-0.1, -0.05) is 0 Å². The molecular weight excluding hydrogens is 312 g/mol. The number of nitrogens with zero attached hydrogens (tertiary/aromatic N) is 4. The van der Waals surface area contributed by atoms with Crippen LogP contribution in [0.25, 0.3) is 5.65 Å². The molecule has 0 aliphatic carbocycles. The zero-order valence-corrected chi connectivity index (χ0v) is 14.4. The number of esters is 1. The highest BCUT2D eigenvalue weighted by atomic mass is 16.6. The van der Waals surface area contributed by atoms with Gasteiger partial charge in [0.1, 0.15) is 24.0 Å². The lowest BCUT2D eigenvalue weighted by atomic mass is 10.2. The van der Waals surface area contributed by atoms with Crippen LogP contribution in [0.3, 0.4) is 0 Å². The average Bonchev–Trinajstić information content (AvgIpc) is 2.71. The molecule has 0 atom stereocenters. The van der Waals surface area contributed by atoms with Crippen LogP contribution in [-0.4, -0.2) is 56.9 Å². The summed E-state index contributed by atoms with van der Waals surface area (Å²) < 4.78 is 13.5. The van der Waals surface area contributed by atoms with Crippen LogP contribution in [0.1, 0.15) is 20.8 Å². The van der Waals surface area contributed by atoms with Gasteiger partial charge in [0.2, 0.25) is 0 Å². The minimum Gasteiger partial charge on any atom is -0.488 e. The summed E-state index contributed by atoms with van der Waals surface area (Å²) in [6.07, 6.45) is 1.77. The second-order valence-electron chi connectivity index (χ2n) is 7.08. The van der Waals surface area contributed by atoms with Crippen molar-refractivity contribution in [2.24, 2.45) is 0 Å².